The molecule has 13 heteroatoms. The third kappa shape index (κ3) is 4.24. The third-order valence-corrected chi connectivity index (χ3v) is 6.11. The normalized spacial score (nSPS) is 29.2. The first-order chi connectivity index (χ1) is 15.3. The van der Waals surface area contributed by atoms with Gasteiger partial charge in [0.1, 0.15) is 30.0 Å². The van der Waals surface area contributed by atoms with E-state index < -0.39 is 47.9 Å². The molecule has 0 bridgehead atoms. The second kappa shape index (κ2) is 9.00. The zero-order valence-electron chi connectivity index (χ0n) is 17.5. The molecule has 4 rings (SSSR count). The number of rotatable bonds is 5. The molecule has 10 nitrogen and oxygen atoms in total. The Labute approximate surface area is 190 Å². The van der Waals surface area contributed by atoms with Crippen LogP contribution in [0.15, 0.2) is 27.9 Å². The van der Waals surface area contributed by atoms with Crippen molar-refractivity contribution in [3.63, 3.8) is 0 Å². The maximum absolute atomic E-state index is 14.5. The fourth-order valence-corrected chi connectivity index (χ4v) is 4.36. The quantitative estimate of drug-likeness (QED) is 0.259. The fraction of sp³-hybridized carbons (Fsp3) is 0.579. The zero-order valence-corrected chi connectivity index (χ0v) is 19.1. The number of fused-ring (bicyclic) bond motifs is 1. The monoisotopic (exact) mass is 514 g/mol. The van der Waals surface area contributed by atoms with Crippen LogP contribution >= 0.6 is 15.9 Å². The van der Waals surface area contributed by atoms with Gasteiger partial charge in [-0.2, -0.15) is 0 Å². The standard InChI is InChI=1S/C19H21BrF2N6O4/c1-19(2)30-8-13-18(32-19)16(17(29-3)12(31-13)6-24-26-23)28-7-11(25-27-28)9-4-5-10(20)15(22)14(9)21/h4-5,7,12-13,16-18H,6,8H2,1-3H3/t12-,13-,16-,17+,18+/m1/s1. The summed E-state index contributed by atoms with van der Waals surface area (Å²) in [7, 11) is 1.50. The van der Waals surface area contributed by atoms with Crippen LogP contribution in [0, 0.1) is 11.6 Å². The van der Waals surface area contributed by atoms with Crippen molar-refractivity contribution in [2.45, 2.75) is 50.1 Å². The molecule has 172 valence electrons. The molecule has 1 aromatic carbocycles. The molecule has 2 fully saturated rings. The predicted molar refractivity (Wildman–Crippen MR) is 110 cm³/mol. The number of aromatic nitrogens is 3. The minimum atomic E-state index is -1.04. The molecule has 5 atom stereocenters. The molecule has 32 heavy (non-hydrogen) atoms. The molecular formula is C19H21BrF2N6O4. The molecule has 2 aromatic rings. The van der Waals surface area contributed by atoms with E-state index in [-0.39, 0.29) is 28.9 Å². The van der Waals surface area contributed by atoms with Crippen LogP contribution in [-0.2, 0) is 18.9 Å². The van der Waals surface area contributed by atoms with Gasteiger partial charge in [-0.1, -0.05) is 10.3 Å². The highest BCUT2D eigenvalue weighted by molar-refractivity contribution is 9.10. The van der Waals surface area contributed by atoms with Crippen molar-refractivity contribution in [1.29, 1.82) is 0 Å². The average Bonchev–Trinajstić information content (AvgIpc) is 3.24. The number of azide groups is 1. The van der Waals surface area contributed by atoms with E-state index in [0.717, 1.165) is 0 Å². The predicted octanol–water partition coefficient (Wildman–Crippen LogP) is 3.77. The van der Waals surface area contributed by atoms with E-state index in [1.807, 2.05) is 0 Å². The molecule has 3 heterocycles. The van der Waals surface area contributed by atoms with E-state index in [1.165, 1.54) is 30.1 Å². The van der Waals surface area contributed by atoms with Crippen molar-refractivity contribution in [2.24, 2.45) is 5.11 Å². The van der Waals surface area contributed by atoms with Gasteiger partial charge in [0.15, 0.2) is 17.4 Å². The SMILES string of the molecule is CO[C@@H]1[C@@H](n2cc(-c3ccc(Br)c(F)c3F)nn2)[C@H]2OC(C)(C)OC[C@H]2O[C@@H]1CN=[N+]=[N-]. The Morgan fingerprint density at radius 3 is 2.88 bits per heavy atom. The molecule has 1 aromatic heterocycles. The van der Waals surface area contributed by atoms with Crippen LogP contribution in [0.4, 0.5) is 8.78 Å². The molecule has 0 unspecified atom stereocenters. The Morgan fingerprint density at radius 1 is 1.38 bits per heavy atom. The van der Waals surface area contributed by atoms with E-state index in [4.69, 9.17) is 24.5 Å². The fourth-order valence-electron chi connectivity index (χ4n) is 4.06. The molecule has 2 aliphatic heterocycles. The van der Waals surface area contributed by atoms with Crippen molar-refractivity contribution in [3.05, 3.63) is 44.9 Å². The van der Waals surface area contributed by atoms with E-state index in [0.29, 0.717) is 0 Å². The first-order valence-corrected chi connectivity index (χ1v) is 10.6. The Morgan fingerprint density at radius 2 is 2.16 bits per heavy atom. The van der Waals surface area contributed by atoms with Gasteiger partial charge in [0.25, 0.3) is 0 Å². The van der Waals surface area contributed by atoms with Gasteiger partial charge in [-0.05, 0) is 47.4 Å². The second-order valence-electron chi connectivity index (χ2n) is 7.92. The lowest BCUT2D eigenvalue weighted by Crippen LogP contribution is -2.63. The van der Waals surface area contributed by atoms with Gasteiger partial charge in [-0.15, -0.1) is 5.10 Å². The van der Waals surface area contributed by atoms with Crippen LogP contribution in [0.1, 0.15) is 19.9 Å². The van der Waals surface area contributed by atoms with E-state index in [2.05, 4.69) is 36.3 Å². The van der Waals surface area contributed by atoms with E-state index in [9.17, 15) is 8.78 Å². The first-order valence-electron chi connectivity index (χ1n) is 9.82. The largest absolute Gasteiger partial charge is 0.376 e. The van der Waals surface area contributed by atoms with E-state index >= 15 is 0 Å². The number of methoxy groups -OCH3 is 1. The third-order valence-electron chi connectivity index (χ3n) is 5.49. The summed E-state index contributed by atoms with van der Waals surface area (Å²) in [6, 6.07) is 2.25. The van der Waals surface area contributed by atoms with Crippen LogP contribution in [0.25, 0.3) is 21.7 Å². The van der Waals surface area contributed by atoms with E-state index in [1.54, 1.807) is 13.8 Å². The zero-order chi connectivity index (χ0) is 23.0. The lowest BCUT2D eigenvalue weighted by Gasteiger charge is -2.50. The van der Waals surface area contributed by atoms with Gasteiger partial charge in [0, 0.05) is 17.6 Å². The number of benzene rings is 1. The van der Waals surface area contributed by atoms with Crippen LogP contribution < -0.4 is 0 Å². The van der Waals surface area contributed by atoms with Crippen LogP contribution in [0.3, 0.4) is 0 Å². The molecule has 0 N–H and O–H groups in total. The van der Waals surface area contributed by atoms with Crippen molar-refractivity contribution in [2.75, 3.05) is 20.3 Å². The number of hydrogen-bond acceptors (Lipinski definition) is 7. The van der Waals surface area contributed by atoms with Gasteiger partial charge < -0.3 is 18.9 Å². The Kier molecular flexibility index (Phi) is 6.48. The maximum atomic E-state index is 14.5. The molecule has 2 saturated heterocycles. The molecular weight excluding hydrogens is 494 g/mol. The summed E-state index contributed by atoms with van der Waals surface area (Å²) in [5, 5.41) is 11.8. The first kappa shape index (κ1) is 23.0. The summed E-state index contributed by atoms with van der Waals surface area (Å²) in [5.74, 6) is -2.94. The molecule has 0 aliphatic carbocycles. The molecule has 0 radical (unpaired) electrons. The minimum Gasteiger partial charge on any atom is -0.376 e. The number of ether oxygens (including phenoxy) is 4. The summed E-state index contributed by atoms with van der Waals surface area (Å²) >= 11 is 2.96. The summed E-state index contributed by atoms with van der Waals surface area (Å²) in [4.78, 5) is 2.80. The van der Waals surface area contributed by atoms with Crippen LogP contribution in [0.2, 0.25) is 0 Å². The smallest absolute Gasteiger partial charge is 0.173 e. The van der Waals surface area contributed by atoms with Crippen molar-refractivity contribution < 1.29 is 27.7 Å². The Bertz CT molecular complexity index is 1050. The maximum Gasteiger partial charge on any atom is 0.173 e. The highest BCUT2D eigenvalue weighted by atomic mass is 79.9. The summed E-state index contributed by atoms with van der Waals surface area (Å²) < 4.78 is 53.7. The average molecular weight is 515 g/mol. The number of nitrogens with zero attached hydrogens (tertiary/aromatic N) is 6. The van der Waals surface area contributed by atoms with Gasteiger partial charge in [-0.3, -0.25) is 0 Å². The van der Waals surface area contributed by atoms with Gasteiger partial charge in [-0.25, -0.2) is 13.5 Å². The van der Waals surface area contributed by atoms with Crippen molar-refractivity contribution in [3.8, 4) is 11.3 Å². The van der Waals surface area contributed by atoms with Crippen LogP contribution in [0.5, 0.6) is 0 Å². The lowest BCUT2D eigenvalue weighted by atomic mass is 9.91. The number of hydrogen-bond donors (Lipinski definition) is 0. The van der Waals surface area contributed by atoms with Crippen molar-refractivity contribution >= 4 is 15.9 Å². The summed E-state index contributed by atoms with van der Waals surface area (Å²) in [6.07, 6.45) is -0.775. The number of halogens is 3. The summed E-state index contributed by atoms with van der Waals surface area (Å²) in [6.45, 7) is 3.82. The van der Waals surface area contributed by atoms with Crippen LogP contribution in [-0.4, -0.2) is 65.5 Å². The molecule has 2 aliphatic rings. The van der Waals surface area contributed by atoms with Gasteiger partial charge >= 0.3 is 0 Å². The highest BCUT2D eigenvalue weighted by Gasteiger charge is 2.52. The van der Waals surface area contributed by atoms with Crippen molar-refractivity contribution in [1.82, 2.24) is 15.0 Å². The minimum absolute atomic E-state index is 0.0107. The molecule has 0 amide bonds. The Hall–Kier alpha value is -2.15. The Balaban J connectivity index is 1.74. The van der Waals surface area contributed by atoms with Gasteiger partial charge in [0.05, 0.1) is 29.9 Å². The lowest BCUT2D eigenvalue weighted by molar-refractivity contribution is -0.348. The molecule has 0 spiro atoms. The van der Waals surface area contributed by atoms with Gasteiger partial charge in [0.2, 0.25) is 0 Å². The highest BCUT2D eigenvalue weighted by Crippen LogP contribution is 2.40. The molecule has 0 saturated carbocycles. The topological polar surface area (TPSA) is 116 Å². The second-order valence-corrected chi connectivity index (χ2v) is 8.77. The summed E-state index contributed by atoms with van der Waals surface area (Å²) in [5.41, 5.74) is 8.86.